The number of thiazole rings is 1. The second kappa shape index (κ2) is 7.39. The van der Waals surface area contributed by atoms with Crippen LogP contribution < -0.4 is 10.9 Å². The minimum atomic E-state index is -0.317. The third kappa shape index (κ3) is 3.15. The third-order valence-corrected chi connectivity index (χ3v) is 5.31. The van der Waals surface area contributed by atoms with Crippen LogP contribution >= 0.6 is 22.9 Å². The normalized spacial score (nSPS) is 13.0. The van der Waals surface area contributed by atoms with E-state index >= 15 is 0 Å². The van der Waals surface area contributed by atoms with Gasteiger partial charge in [0.25, 0.3) is 5.56 Å². The fourth-order valence-corrected chi connectivity index (χ4v) is 3.74. The van der Waals surface area contributed by atoms with E-state index in [1.807, 2.05) is 32.2 Å². The molecule has 0 amide bonds. The van der Waals surface area contributed by atoms with Crippen LogP contribution in [0.5, 0.6) is 0 Å². The molecule has 0 saturated heterocycles. The molecule has 0 fully saturated rings. The van der Waals surface area contributed by atoms with Gasteiger partial charge in [-0.3, -0.25) is 9.79 Å². The van der Waals surface area contributed by atoms with Crippen LogP contribution in [0.3, 0.4) is 0 Å². The number of hydrogen-bond acceptors (Lipinski definition) is 5. The molecule has 0 radical (unpaired) electrons. The van der Waals surface area contributed by atoms with Gasteiger partial charge in [0.1, 0.15) is 10.7 Å². The minimum Gasteiger partial charge on any atom is -0.378 e. The molecule has 0 spiro atoms. The van der Waals surface area contributed by atoms with Crippen molar-refractivity contribution in [1.29, 1.82) is 0 Å². The summed E-state index contributed by atoms with van der Waals surface area (Å²) in [6, 6.07) is 7.02. The molecule has 1 atom stereocenters. The average molecular weight is 388 g/mol. The Kier molecular flexibility index (Phi) is 5.20. The fraction of sp³-hybridized carbons (Fsp3) is 0.222. The van der Waals surface area contributed by atoms with Crippen LogP contribution in [0.2, 0.25) is 5.02 Å². The lowest BCUT2D eigenvalue weighted by molar-refractivity contribution is 0.693. The van der Waals surface area contributed by atoms with Crippen molar-refractivity contribution in [1.82, 2.24) is 9.55 Å². The van der Waals surface area contributed by atoms with Gasteiger partial charge in [-0.1, -0.05) is 23.7 Å². The minimum absolute atomic E-state index is 0.150. The first-order chi connectivity index (χ1) is 12.5. The lowest BCUT2D eigenvalue weighted by Crippen LogP contribution is -2.22. The maximum absolute atomic E-state index is 12.7. The SMILES string of the molecule is C=NC(=N[C@@H](C)c1cc2cccc(Cl)c2c(=O)n1C)c1ncsc1NC. The van der Waals surface area contributed by atoms with Crippen molar-refractivity contribution < 1.29 is 0 Å². The topological polar surface area (TPSA) is 71.6 Å². The van der Waals surface area contributed by atoms with E-state index in [0.29, 0.717) is 21.9 Å². The zero-order chi connectivity index (χ0) is 18.8. The van der Waals surface area contributed by atoms with E-state index in [2.05, 4.69) is 27.0 Å². The Hall–Kier alpha value is -2.51. The molecule has 2 heterocycles. The number of nitrogens with one attached hydrogen (secondary N) is 1. The third-order valence-electron chi connectivity index (χ3n) is 4.16. The zero-order valence-electron chi connectivity index (χ0n) is 14.7. The molecule has 0 aliphatic rings. The number of nitrogens with zero attached hydrogens (tertiary/aromatic N) is 4. The van der Waals surface area contributed by atoms with Crippen LogP contribution in [-0.4, -0.2) is 29.2 Å². The van der Waals surface area contributed by atoms with Crippen LogP contribution in [0.25, 0.3) is 10.8 Å². The van der Waals surface area contributed by atoms with Crippen LogP contribution in [0.4, 0.5) is 5.00 Å². The molecule has 26 heavy (non-hydrogen) atoms. The highest BCUT2D eigenvalue weighted by Gasteiger charge is 2.17. The number of aromatic nitrogens is 2. The van der Waals surface area contributed by atoms with Crippen LogP contribution in [0.1, 0.15) is 24.4 Å². The lowest BCUT2D eigenvalue weighted by atomic mass is 10.1. The molecule has 3 rings (SSSR count). The number of halogens is 1. The molecule has 134 valence electrons. The van der Waals surface area contributed by atoms with Gasteiger partial charge in [-0.2, -0.15) is 0 Å². The summed E-state index contributed by atoms with van der Waals surface area (Å²) in [5, 5.41) is 5.68. The lowest BCUT2D eigenvalue weighted by Gasteiger charge is -2.15. The van der Waals surface area contributed by atoms with E-state index in [1.165, 1.54) is 11.3 Å². The molecule has 0 aliphatic heterocycles. The van der Waals surface area contributed by atoms with Crippen LogP contribution in [0.15, 0.2) is 44.6 Å². The van der Waals surface area contributed by atoms with Gasteiger partial charge in [0.15, 0.2) is 5.84 Å². The van der Waals surface area contributed by atoms with E-state index in [9.17, 15) is 4.79 Å². The van der Waals surface area contributed by atoms with Gasteiger partial charge in [0, 0.05) is 19.8 Å². The molecule has 6 nitrogen and oxygen atoms in total. The second-order valence-electron chi connectivity index (χ2n) is 5.70. The number of fused-ring (bicyclic) bond motifs is 1. The molecule has 0 bridgehead atoms. The Bertz CT molecular complexity index is 1070. The number of anilines is 1. The van der Waals surface area contributed by atoms with Crippen molar-refractivity contribution in [2.24, 2.45) is 17.0 Å². The van der Waals surface area contributed by atoms with Crippen molar-refractivity contribution in [3.63, 3.8) is 0 Å². The summed E-state index contributed by atoms with van der Waals surface area (Å²) in [6.45, 7) is 5.52. The van der Waals surface area contributed by atoms with Crippen LogP contribution in [0, 0.1) is 0 Å². The smallest absolute Gasteiger partial charge is 0.259 e. The molecule has 0 saturated carbocycles. The van der Waals surface area contributed by atoms with Crippen molar-refractivity contribution in [2.45, 2.75) is 13.0 Å². The van der Waals surface area contributed by atoms with E-state index < -0.39 is 0 Å². The van der Waals surface area contributed by atoms with Gasteiger partial charge in [-0.05, 0) is 31.2 Å². The molecule has 1 aromatic carbocycles. The maximum atomic E-state index is 12.7. The highest BCUT2D eigenvalue weighted by molar-refractivity contribution is 7.14. The van der Waals surface area contributed by atoms with Crippen LogP contribution in [-0.2, 0) is 7.05 Å². The van der Waals surface area contributed by atoms with Gasteiger partial charge >= 0.3 is 0 Å². The molecule has 0 unspecified atom stereocenters. The highest BCUT2D eigenvalue weighted by atomic mass is 35.5. The van der Waals surface area contributed by atoms with Gasteiger partial charge in [-0.15, -0.1) is 11.3 Å². The summed E-state index contributed by atoms with van der Waals surface area (Å²) < 4.78 is 1.57. The molecular formula is C18H18ClN5OS. The molecule has 1 N–H and O–H groups in total. The van der Waals surface area contributed by atoms with Gasteiger partial charge in [-0.25, -0.2) is 9.98 Å². The van der Waals surface area contributed by atoms with Gasteiger partial charge in [0.05, 0.1) is 22.0 Å². The van der Waals surface area contributed by atoms with E-state index in [0.717, 1.165) is 16.1 Å². The highest BCUT2D eigenvalue weighted by Crippen LogP contribution is 2.26. The van der Waals surface area contributed by atoms with Gasteiger partial charge in [0.2, 0.25) is 0 Å². The summed E-state index contributed by atoms with van der Waals surface area (Å²) in [5.41, 5.74) is 2.98. The summed E-state index contributed by atoms with van der Waals surface area (Å²) >= 11 is 7.66. The molecule has 3 aromatic rings. The largest absolute Gasteiger partial charge is 0.378 e. The number of rotatable bonds is 4. The van der Waals surface area contributed by atoms with Crippen molar-refractivity contribution in [3.8, 4) is 0 Å². The summed E-state index contributed by atoms with van der Waals surface area (Å²) in [5.74, 6) is 0.432. The Balaban J connectivity index is 2.13. The van der Waals surface area contributed by atoms with Crippen molar-refractivity contribution in [2.75, 3.05) is 12.4 Å². The molecular weight excluding hydrogens is 370 g/mol. The number of aliphatic imine (C=N–C) groups is 2. The number of hydrogen-bond donors (Lipinski definition) is 1. The van der Waals surface area contributed by atoms with Crippen molar-refractivity contribution in [3.05, 3.63) is 56.5 Å². The molecule has 0 aliphatic carbocycles. The first-order valence-corrected chi connectivity index (χ1v) is 9.18. The Morgan fingerprint density at radius 3 is 2.92 bits per heavy atom. The quantitative estimate of drug-likeness (QED) is 0.545. The Morgan fingerprint density at radius 1 is 1.46 bits per heavy atom. The molecule has 2 aromatic heterocycles. The predicted octanol–water partition coefficient (Wildman–Crippen LogP) is 3.90. The standard InChI is InChI=1S/C18H18ClN5OS/c1-10(23-16(20-2)15-17(21-3)26-9-22-15)13-8-11-6-5-7-12(19)14(11)18(25)24(13)4/h5-10,21H,2H2,1,3-4H3/t10-/m0/s1. The summed E-state index contributed by atoms with van der Waals surface area (Å²) in [7, 11) is 3.53. The number of amidine groups is 1. The monoisotopic (exact) mass is 387 g/mol. The molecule has 8 heteroatoms. The summed E-state index contributed by atoms with van der Waals surface area (Å²) in [6.07, 6.45) is 0. The van der Waals surface area contributed by atoms with Crippen molar-refractivity contribution >= 4 is 51.3 Å². The number of pyridine rings is 1. The predicted molar refractivity (Wildman–Crippen MR) is 110 cm³/mol. The van der Waals surface area contributed by atoms with Gasteiger partial charge < -0.3 is 9.88 Å². The van der Waals surface area contributed by atoms with E-state index in [1.54, 1.807) is 23.2 Å². The Morgan fingerprint density at radius 2 is 2.23 bits per heavy atom. The summed E-state index contributed by atoms with van der Waals surface area (Å²) in [4.78, 5) is 25.7. The Labute approximate surface area is 159 Å². The first-order valence-electron chi connectivity index (χ1n) is 7.92. The zero-order valence-corrected chi connectivity index (χ0v) is 16.2. The maximum Gasteiger partial charge on any atom is 0.259 e. The first kappa shape index (κ1) is 18.3. The van der Waals surface area contributed by atoms with E-state index in [-0.39, 0.29) is 11.6 Å². The van der Waals surface area contributed by atoms with E-state index in [4.69, 9.17) is 11.6 Å². The fourth-order valence-electron chi connectivity index (χ4n) is 2.84. The second-order valence-corrected chi connectivity index (χ2v) is 6.97. The average Bonchev–Trinajstić information content (AvgIpc) is 3.10. The number of benzene rings is 1.